The van der Waals surface area contributed by atoms with E-state index in [1.165, 1.54) is 51.9 Å². The molecule has 0 aromatic carbocycles. The maximum absolute atomic E-state index is 9.18. The molecule has 2 saturated heterocycles. The van der Waals surface area contributed by atoms with Crippen LogP contribution in [0.3, 0.4) is 0 Å². The van der Waals surface area contributed by atoms with Gasteiger partial charge in [-0.1, -0.05) is 0 Å². The fourth-order valence-corrected chi connectivity index (χ4v) is 2.91. The van der Waals surface area contributed by atoms with Crippen molar-refractivity contribution in [2.24, 2.45) is 11.8 Å². The Hall–Kier alpha value is -0.120. The molecular formula is C12H24N2O. The SMILES string of the molecule is OCC1CCCN(CC2CCCNC2)C1. The summed E-state index contributed by atoms with van der Waals surface area (Å²) in [5.41, 5.74) is 0. The number of rotatable bonds is 3. The third-order valence-electron chi connectivity index (χ3n) is 3.78. The Morgan fingerprint density at radius 2 is 2.07 bits per heavy atom. The zero-order valence-corrected chi connectivity index (χ0v) is 9.62. The van der Waals surface area contributed by atoms with E-state index in [2.05, 4.69) is 10.2 Å². The number of piperidine rings is 2. The molecule has 15 heavy (non-hydrogen) atoms. The van der Waals surface area contributed by atoms with Crippen molar-refractivity contribution >= 4 is 0 Å². The molecular weight excluding hydrogens is 188 g/mol. The first-order chi connectivity index (χ1) is 7.38. The normalized spacial score (nSPS) is 34.2. The van der Waals surface area contributed by atoms with E-state index in [0.29, 0.717) is 12.5 Å². The van der Waals surface area contributed by atoms with E-state index in [-0.39, 0.29) is 0 Å². The van der Waals surface area contributed by atoms with Gasteiger partial charge in [-0.2, -0.15) is 0 Å². The highest BCUT2D eigenvalue weighted by Crippen LogP contribution is 2.19. The van der Waals surface area contributed by atoms with Gasteiger partial charge in [-0.15, -0.1) is 0 Å². The molecule has 2 atom stereocenters. The Labute approximate surface area is 92.8 Å². The van der Waals surface area contributed by atoms with E-state index in [9.17, 15) is 5.11 Å². The highest BCUT2D eigenvalue weighted by Gasteiger charge is 2.22. The monoisotopic (exact) mass is 212 g/mol. The first-order valence-electron chi connectivity index (χ1n) is 6.42. The predicted molar refractivity (Wildman–Crippen MR) is 61.8 cm³/mol. The Bertz CT molecular complexity index is 180. The molecule has 0 saturated carbocycles. The van der Waals surface area contributed by atoms with Crippen LogP contribution in [-0.4, -0.2) is 49.3 Å². The lowest BCUT2D eigenvalue weighted by molar-refractivity contribution is 0.103. The number of hydrogen-bond donors (Lipinski definition) is 2. The Morgan fingerprint density at radius 1 is 1.20 bits per heavy atom. The summed E-state index contributed by atoms with van der Waals surface area (Å²) in [5, 5.41) is 12.6. The standard InChI is InChI=1S/C12H24N2O/c15-10-12-4-2-6-14(9-12)8-11-3-1-5-13-7-11/h11-13,15H,1-10H2. The summed E-state index contributed by atoms with van der Waals surface area (Å²) in [6.07, 6.45) is 5.20. The van der Waals surface area contributed by atoms with Crippen LogP contribution in [-0.2, 0) is 0 Å². The number of nitrogens with one attached hydrogen (secondary N) is 1. The van der Waals surface area contributed by atoms with E-state index in [1.807, 2.05) is 0 Å². The average molecular weight is 212 g/mol. The summed E-state index contributed by atoms with van der Waals surface area (Å²) in [5.74, 6) is 1.38. The van der Waals surface area contributed by atoms with E-state index >= 15 is 0 Å². The highest BCUT2D eigenvalue weighted by atomic mass is 16.3. The van der Waals surface area contributed by atoms with Crippen molar-refractivity contribution in [1.82, 2.24) is 10.2 Å². The number of hydrogen-bond acceptors (Lipinski definition) is 3. The molecule has 88 valence electrons. The van der Waals surface area contributed by atoms with Crippen LogP contribution in [0, 0.1) is 11.8 Å². The minimum atomic E-state index is 0.374. The van der Waals surface area contributed by atoms with Gasteiger partial charge in [-0.3, -0.25) is 0 Å². The topological polar surface area (TPSA) is 35.5 Å². The minimum Gasteiger partial charge on any atom is -0.396 e. The molecule has 0 aliphatic carbocycles. The maximum Gasteiger partial charge on any atom is 0.0471 e. The van der Waals surface area contributed by atoms with Gasteiger partial charge in [-0.05, 0) is 57.2 Å². The van der Waals surface area contributed by atoms with Crippen LogP contribution in [0.2, 0.25) is 0 Å². The highest BCUT2D eigenvalue weighted by molar-refractivity contribution is 4.77. The number of nitrogens with zero attached hydrogens (tertiary/aromatic N) is 1. The molecule has 0 aromatic heterocycles. The molecule has 2 N–H and O–H groups in total. The molecule has 0 spiro atoms. The number of aliphatic hydroxyl groups is 1. The van der Waals surface area contributed by atoms with Gasteiger partial charge in [0.15, 0.2) is 0 Å². The van der Waals surface area contributed by atoms with E-state index in [1.54, 1.807) is 0 Å². The molecule has 3 nitrogen and oxygen atoms in total. The van der Waals surface area contributed by atoms with Crippen LogP contribution in [0.1, 0.15) is 25.7 Å². The molecule has 0 bridgehead atoms. The van der Waals surface area contributed by atoms with Crippen molar-refractivity contribution in [3.05, 3.63) is 0 Å². The summed E-state index contributed by atoms with van der Waals surface area (Å²) in [4.78, 5) is 2.56. The van der Waals surface area contributed by atoms with Gasteiger partial charge in [0.25, 0.3) is 0 Å². The van der Waals surface area contributed by atoms with Gasteiger partial charge in [0, 0.05) is 19.7 Å². The Kier molecular flexibility index (Phi) is 4.42. The van der Waals surface area contributed by atoms with Crippen LogP contribution in [0.5, 0.6) is 0 Å². The summed E-state index contributed by atoms with van der Waals surface area (Å²) in [7, 11) is 0. The molecule has 2 fully saturated rings. The third kappa shape index (κ3) is 3.44. The van der Waals surface area contributed by atoms with Crippen molar-refractivity contribution in [3.8, 4) is 0 Å². The Balaban J connectivity index is 1.72. The number of aliphatic hydroxyl groups excluding tert-OH is 1. The quantitative estimate of drug-likeness (QED) is 0.722. The van der Waals surface area contributed by atoms with Gasteiger partial charge in [0.1, 0.15) is 0 Å². The van der Waals surface area contributed by atoms with Gasteiger partial charge in [-0.25, -0.2) is 0 Å². The maximum atomic E-state index is 9.18. The minimum absolute atomic E-state index is 0.374. The lowest BCUT2D eigenvalue weighted by atomic mass is 9.95. The van der Waals surface area contributed by atoms with Gasteiger partial charge in [0.2, 0.25) is 0 Å². The van der Waals surface area contributed by atoms with E-state index < -0.39 is 0 Å². The van der Waals surface area contributed by atoms with Crippen LogP contribution < -0.4 is 5.32 Å². The van der Waals surface area contributed by atoms with Crippen LogP contribution >= 0.6 is 0 Å². The van der Waals surface area contributed by atoms with Crippen molar-refractivity contribution in [2.75, 3.05) is 39.3 Å². The smallest absolute Gasteiger partial charge is 0.0471 e. The predicted octanol–water partition coefficient (Wildman–Crippen LogP) is 0.690. The van der Waals surface area contributed by atoms with E-state index in [0.717, 1.165) is 12.5 Å². The summed E-state index contributed by atoms with van der Waals surface area (Å²) >= 11 is 0. The lowest BCUT2D eigenvalue weighted by Gasteiger charge is -2.35. The van der Waals surface area contributed by atoms with Gasteiger partial charge < -0.3 is 15.3 Å². The molecule has 2 heterocycles. The Morgan fingerprint density at radius 3 is 2.80 bits per heavy atom. The van der Waals surface area contributed by atoms with Crippen LogP contribution in [0.25, 0.3) is 0 Å². The van der Waals surface area contributed by atoms with Gasteiger partial charge >= 0.3 is 0 Å². The fourth-order valence-electron chi connectivity index (χ4n) is 2.91. The van der Waals surface area contributed by atoms with Crippen molar-refractivity contribution in [1.29, 1.82) is 0 Å². The second-order valence-electron chi connectivity index (χ2n) is 5.16. The zero-order chi connectivity index (χ0) is 10.5. The van der Waals surface area contributed by atoms with Crippen LogP contribution in [0.4, 0.5) is 0 Å². The largest absolute Gasteiger partial charge is 0.396 e. The van der Waals surface area contributed by atoms with Crippen molar-refractivity contribution < 1.29 is 5.11 Å². The fraction of sp³-hybridized carbons (Fsp3) is 1.00. The average Bonchev–Trinajstić information content (AvgIpc) is 2.31. The van der Waals surface area contributed by atoms with Crippen molar-refractivity contribution in [3.63, 3.8) is 0 Å². The second kappa shape index (κ2) is 5.83. The molecule has 0 aromatic rings. The van der Waals surface area contributed by atoms with Gasteiger partial charge in [0.05, 0.1) is 0 Å². The summed E-state index contributed by atoms with van der Waals surface area (Å²) in [6.45, 7) is 6.37. The van der Waals surface area contributed by atoms with Crippen LogP contribution in [0.15, 0.2) is 0 Å². The molecule has 0 amide bonds. The zero-order valence-electron chi connectivity index (χ0n) is 9.62. The third-order valence-corrected chi connectivity index (χ3v) is 3.78. The first kappa shape index (κ1) is 11.4. The summed E-state index contributed by atoms with van der Waals surface area (Å²) in [6, 6.07) is 0. The lowest BCUT2D eigenvalue weighted by Crippen LogP contribution is -2.43. The van der Waals surface area contributed by atoms with Crippen molar-refractivity contribution in [2.45, 2.75) is 25.7 Å². The molecule has 3 heteroatoms. The number of likely N-dealkylation sites (tertiary alicyclic amines) is 1. The molecule has 0 radical (unpaired) electrons. The summed E-state index contributed by atoms with van der Waals surface area (Å²) < 4.78 is 0. The molecule has 2 unspecified atom stereocenters. The second-order valence-corrected chi connectivity index (χ2v) is 5.16. The first-order valence-corrected chi connectivity index (χ1v) is 6.42. The van der Waals surface area contributed by atoms with E-state index in [4.69, 9.17) is 0 Å². The molecule has 2 rings (SSSR count). The molecule has 2 aliphatic rings. The molecule has 2 aliphatic heterocycles.